The lowest BCUT2D eigenvalue weighted by Crippen LogP contribution is -2.51. The molecule has 1 fully saturated rings. The van der Waals surface area contributed by atoms with Gasteiger partial charge in [0, 0.05) is 18.7 Å². The van der Waals surface area contributed by atoms with Gasteiger partial charge in [0.25, 0.3) is 5.92 Å². The Morgan fingerprint density at radius 1 is 1.42 bits per heavy atom. The van der Waals surface area contributed by atoms with E-state index in [1.54, 1.807) is 0 Å². The van der Waals surface area contributed by atoms with Crippen LogP contribution in [-0.2, 0) is 10.2 Å². The SMILES string of the molecule is COC(=O)c1ccc(=O)[nH]c1C1(C(C)(F)F)CCC1. The van der Waals surface area contributed by atoms with E-state index in [1.807, 2.05) is 0 Å². The summed E-state index contributed by atoms with van der Waals surface area (Å²) in [6, 6.07) is 2.38. The maximum Gasteiger partial charge on any atom is 0.339 e. The van der Waals surface area contributed by atoms with Gasteiger partial charge in [0.15, 0.2) is 0 Å². The van der Waals surface area contributed by atoms with E-state index in [-0.39, 0.29) is 24.1 Å². The molecule has 0 radical (unpaired) electrons. The van der Waals surface area contributed by atoms with Gasteiger partial charge in [-0.05, 0) is 18.9 Å². The van der Waals surface area contributed by atoms with E-state index in [1.165, 1.54) is 13.2 Å². The maximum atomic E-state index is 13.9. The summed E-state index contributed by atoms with van der Waals surface area (Å²) in [4.78, 5) is 25.5. The minimum Gasteiger partial charge on any atom is -0.465 e. The molecule has 0 amide bonds. The number of aromatic amines is 1. The van der Waals surface area contributed by atoms with Gasteiger partial charge in [-0.25, -0.2) is 13.6 Å². The number of pyridine rings is 1. The molecule has 1 N–H and O–H groups in total. The number of carbonyl (C=O) groups is 1. The molecule has 1 heterocycles. The van der Waals surface area contributed by atoms with Gasteiger partial charge in [-0.3, -0.25) is 4.79 Å². The lowest BCUT2D eigenvalue weighted by atomic mass is 9.62. The predicted octanol–water partition coefficient (Wildman–Crippen LogP) is 2.24. The lowest BCUT2D eigenvalue weighted by Gasteiger charge is -2.46. The summed E-state index contributed by atoms with van der Waals surface area (Å²) in [7, 11) is 1.18. The maximum absolute atomic E-state index is 13.9. The van der Waals surface area contributed by atoms with E-state index in [2.05, 4.69) is 9.72 Å². The highest BCUT2D eigenvalue weighted by Crippen LogP contribution is 2.53. The van der Waals surface area contributed by atoms with E-state index < -0.39 is 22.9 Å². The van der Waals surface area contributed by atoms with Crippen molar-refractivity contribution in [3.63, 3.8) is 0 Å². The van der Waals surface area contributed by atoms with Gasteiger partial charge in [-0.1, -0.05) is 6.42 Å². The Bertz CT molecular complexity index is 556. The first kappa shape index (κ1) is 13.7. The topological polar surface area (TPSA) is 59.2 Å². The third kappa shape index (κ3) is 2.05. The molecule has 0 bridgehead atoms. The van der Waals surface area contributed by atoms with Gasteiger partial charge in [-0.15, -0.1) is 0 Å². The van der Waals surface area contributed by atoms with Crippen molar-refractivity contribution in [1.29, 1.82) is 0 Å². The molecule has 1 aromatic heterocycles. The quantitative estimate of drug-likeness (QED) is 0.858. The molecule has 6 heteroatoms. The van der Waals surface area contributed by atoms with Crippen molar-refractivity contribution in [3.8, 4) is 0 Å². The average molecular weight is 271 g/mol. The van der Waals surface area contributed by atoms with E-state index in [0.717, 1.165) is 13.0 Å². The molecule has 1 saturated carbocycles. The van der Waals surface area contributed by atoms with Gasteiger partial charge >= 0.3 is 5.97 Å². The first-order chi connectivity index (χ1) is 8.82. The van der Waals surface area contributed by atoms with Crippen LogP contribution in [-0.4, -0.2) is 24.0 Å². The van der Waals surface area contributed by atoms with Gasteiger partial charge in [0.2, 0.25) is 5.56 Å². The van der Waals surface area contributed by atoms with Crippen LogP contribution in [0.2, 0.25) is 0 Å². The van der Waals surface area contributed by atoms with Crippen molar-refractivity contribution in [3.05, 3.63) is 33.7 Å². The first-order valence-electron chi connectivity index (χ1n) is 6.02. The van der Waals surface area contributed by atoms with Crippen LogP contribution in [0, 0.1) is 0 Å². The highest BCUT2D eigenvalue weighted by molar-refractivity contribution is 5.91. The highest BCUT2D eigenvalue weighted by atomic mass is 19.3. The Morgan fingerprint density at radius 2 is 2.05 bits per heavy atom. The van der Waals surface area contributed by atoms with Crippen molar-refractivity contribution in [2.24, 2.45) is 0 Å². The van der Waals surface area contributed by atoms with Gasteiger partial charge in [0.1, 0.15) is 0 Å². The number of carbonyl (C=O) groups excluding carboxylic acids is 1. The third-order valence-electron chi connectivity index (χ3n) is 3.85. The number of methoxy groups -OCH3 is 1. The smallest absolute Gasteiger partial charge is 0.339 e. The van der Waals surface area contributed by atoms with Gasteiger partial charge in [-0.2, -0.15) is 0 Å². The van der Waals surface area contributed by atoms with E-state index >= 15 is 0 Å². The zero-order valence-electron chi connectivity index (χ0n) is 10.8. The summed E-state index contributed by atoms with van der Waals surface area (Å²) in [5.74, 6) is -3.74. The summed E-state index contributed by atoms with van der Waals surface area (Å²) in [6.07, 6.45) is 1.11. The molecule has 0 saturated heterocycles. The second-order valence-electron chi connectivity index (χ2n) is 4.93. The number of rotatable bonds is 3. The Kier molecular flexibility index (Phi) is 3.20. The number of H-pyrrole nitrogens is 1. The zero-order valence-corrected chi connectivity index (χ0v) is 10.8. The van der Waals surface area contributed by atoms with E-state index in [9.17, 15) is 18.4 Å². The highest BCUT2D eigenvalue weighted by Gasteiger charge is 2.57. The Morgan fingerprint density at radius 3 is 2.47 bits per heavy atom. The molecule has 0 spiro atoms. The van der Waals surface area contributed by atoms with Crippen LogP contribution in [0.1, 0.15) is 42.2 Å². The molecule has 4 nitrogen and oxygen atoms in total. The molecule has 1 aliphatic carbocycles. The van der Waals surface area contributed by atoms with Crippen molar-refractivity contribution >= 4 is 5.97 Å². The summed E-state index contributed by atoms with van der Waals surface area (Å²) in [6.45, 7) is 0.818. The Hall–Kier alpha value is -1.72. The minimum absolute atomic E-state index is 0.00308. The van der Waals surface area contributed by atoms with Gasteiger partial charge in [0.05, 0.1) is 18.1 Å². The van der Waals surface area contributed by atoms with Crippen molar-refractivity contribution in [2.75, 3.05) is 7.11 Å². The molecular formula is C13H15F2NO3. The molecule has 104 valence electrons. The summed E-state index contributed by atoms with van der Waals surface area (Å²) >= 11 is 0. The fraction of sp³-hybridized carbons (Fsp3) is 0.538. The first-order valence-corrected chi connectivity index (χ1v) is 6.02. The molecular weight excluding hydrogens is 256 g/mol. The molecule has 0 atom stereocenters. The average Bonchev–Trinajstić information content (AvgIpc) is 2.24. The summed E-state index contributed by atoms with van der Waals surface area (Å²) < 4.78 is 32.4. The largest absolute Gasteiger partial charge is 0.465 e. The minimum atomic E-state index is -3.02. The second-order valence-corrected chi connectivity index (χ2v) is 4.93. The molecule has 1 aromatic rings. The van der Waals surface area contributed by atoms with Crippen LogP contribution in [0.25, 0.3) is 0 Å². The normalized spacial score (nSPS) is 17.7. The van der Waals surface area contributed by atoms with Crippen molar-refractivity contribution < 1.29 is 18.3 Å². The monoisotopic (exact) mass is 271 g/mol. The van der Waals surface area contributed by atoms with Crippen molar-refractivity contribution in [1.82, 2.24) is 4.98 Å². The fourth-order valence-corrected chi connectivity index (χ4v) is 2.57. The molecule has 0 unspecified atom stereocenters. The lowest BCUT2D eigenvalue weighted by molar-refractivity contribution is -0.0992. The van der Waals surface area contributed by atoms with Crippen LogP contribution >= 0.6 is 0 Å². The van der Waals surface area contributed by atoms with E-state index in [4.69, 9.17) is 0 Å². The number of alkyl halides is 2. The summed E-state index contributed by atoms with van der Waals surface area (Å²) in [5.41, 5.74) is -1.98. The molecule has 2 rings (SSSR count). The van der Waals surface area contributed by atoms with Gasteiger partial charge < -0.3 is 9.72 Å². The molecule has 0 aliphatic heterocycles. The number of hydrogen-bond donors (Lipinski definition) is 1. The third-order valence-corrected chi connectivity index (χ3v) is 3.85. The number of nitrogens with one attached hydrogen (secondary N) is 1. The zero-order chi connectivity index (χ0) is 14.3. The van der Waals surface area contributed by atoms with Crippen LogP contribution < -0.4 is 5.56 Å². The molecule has 1 aliphatic rings. The van der Waals surface area contributed by atoms with Crippen LogP contribution in [0.15, 0.2) is 16.9 Å². The predicted molar refractivity (Wildman–Crippen MR) is 64.6 cm³/mol. The van der Waals surface area contributed by atoms with Crippen LogP contribution in [0.4, 0.5) is 8.78 Å². The number of aromatic nitrogens is 1. The Balaban J connectivity index is 2.63. The van der Waals surface area contributed by atoms with Crippen molar-refractivity contribution in [2.45, 2.75) is 37.5 Å². The number of hydrogen-bond acceptors (Lipinski definition) is 3. The number of esters is 1. The molecule has 19 heavy (non-hydrogen) atoms. The van der Waals surface area contributed by atoms with Crippen LogP contribution in [0.3, 0.4) is 0 Å². The molecule has 0 aromatic carbocycles. The fourth-order valence-electron chi connectivity index (χ4n) is 2.57. The second kappa shape index (κ2) is 4.43. The standard InChI is InChI=1S/C13H15F2NO3/c1-12(14,15)13(6-3-7-13)10-8(11(18)19-2)4-5-9(17)16-10/h4-5H,3,6-7H2,1-2H3,(H,16,17). The number of halogens is 2. The summed E-state index contributed by atoms with van der Waals surface area (Å²) in [5, 5.41) is 0. The van der Waals surface area contributed by atoms with E-state index in [0.29, 0.717) is 6.42 Å². The number of ether oxygens (including phenoxy) is 1. The van der Waals surface area contributed by atoms with Crippen LogP contribution in [0.5, 0.6) is 0 Å². The Labute approximate surface area is 108 Å².